The van der Waals surface area contributed by atoms with Gasteiger partial charge in [-0.15, -0.1) is 11.8 Å². The Morgan fingerprint density at radius 2 is 2.11 bits per heavy atom. The van der Waals surface area contributed by atoms with E-state index in [0.29, 0.717) is 5.56 Å². The van der Waals surface area contributed by atoms with Crippen LogP contribution in [0.15, 0.2) is 28.7 Å². The van der Waals surface area contributed by atoms with Gasteiger partial charge >= 0.3 is 5.97 Å². The highest BCUT2D eigenvalue weighted by Gasteiger charge is 2.24. The van der Waals surface area contributed by atoms with E-state index in [1.807, 2.05) is 0 Å². The second-order valence-corrected chi connectivity index (χ2v) is 5.87. The van der Waals surface area contributed by atoms with Crippen LogP contribution in [0.5, 0.6) is 0 Å². The first-order valence-corrected chi connectivity index (χ1v) is 7.31. The summed E-state index contributed by atoms with van der Waals surface area (Å²) in [5, 5.41) is 2.67. The van der Waals surface area contributed by atoms with E-state index in [1.165, 1.54) is 11.8 Å². The first kappa shape index (κ1) is 13.6. The molecule has 96 valence electrons. The van der Waals surface area contributed by atoms with E-state index in [-0.39, 0.29) is 23.7 Å². The molecule has 0 radical (unpaired) electrons. The van der Waals surface area contributed by atoms with Crippen LogP contribution in [0.3, 0.4) is 0 Å². The molecule has 1 N–H and O–H groups in total. The van der Waals surface area contributed by atoms with Crippen LogP contribution < -0.4 is 5.32 Å². The molecule has 18 heavy (non-hydrogen) atoms. The molecular weight excluding hydrogens is 318 g/mol. The lowest BCUT2D eigenvalue weighted by Crippen LogP contribution is -2.31. The Balaban J connectivity index is 1.84. The first-order chi connectivity index (χ1) is 8.66. The van der Waals surface area contributed by atoms with Gasteiger partial charge in [-0.1, -0.05) is 28.1 Å². The number of nitrogens with one attached hydrogen (secondary N) is 1. The van der Waals surface area contributed by atoms with Gasteiger partial charge in [-0.2, -0.15) is 0 Å². The summed E-state index contributed by atoms with van der Waals surface area (Å²) in [6.07, 6.45) is 0. The lowest BCUT2D eigenvalue weighted by molar-refractivity contribution is -0.142. The monoisotopic (exact) mass is 329 g/mol. The fraction of sp³-hybridized carbons (Fsp3) is 0.333. The highest BCUT2D eigenvalue weighted by atomic mass is 79.9. The van der Waals surface area contributed by atoms with E-state index in [0.717, 1.165) is 16.8 Å². The minimum atomic E-state index is -0.372. The second-order valence-electron chi connectivity index (χ2n) is 3.74. The maximum absolute atomic E-state index is 11.8. The minimum Gasteiger partial charge on any atom is -0.455 e. The van der Waals surface area contributed by atoms with E-state index >= 15 is 0 Å². The zero-order valence-electron chi connectivity index (χ0n) is 9.52. The Bertz CT molecular complexity index is 443. The van der Waals surface area contributed by atoms with Crippen LogP contribution in [0.2, 0.25) is 0 Å². The third-order valence-corrected chi connectivity index (χ3v) is 4.10. The Hall–Kier alpha value is -0.850. The van der Waals surface area contributed by atoms with Gasteiger partial charge < -0.3 is 4.74 Å². The van der Waals surface area contributed by atoms with Crippen molar-refractivity contribution in [2.24, 2.45) is 0 Å². The summed E-state index contributed by atoms with van der Waals surface area (Å²) in [5.41, 5.74) is 0.540. The molecule has 6 heteroatoms. The normalized spacial score (nSPS) is 18.6. The molecule has 1 atom stereocenters. The molecule has 1 unspecified atom stereocenters. The molecule has 1 aliphatic rings. The Labute approximate surface area is 118 Å². The molecular formula is C12H12BrNO3S. The number of hydrogen-bond acceptors (Lipinski definition) is 5. The third-order valence-electron chi connectivity index (χ3n) is 2.44. The van der Waals surface area contributed by atoms with Crippen molar-refractivity contribution in [1.29, 1.82) is 0 Å². The molecule has 1 fully saturated rings. The number of carbonyl (C=O) groups excluding carboxylic acids is 2. The number of rotatable bonds is 4. The number of carbonyl (C=O) groups is 2. The summed E-state index contributed by atoms with van der Waals surface area (Å²) >= 11 is 4.79. The SMILES string of the molecule is O=C(COC(=O)C1NCCS1)c1ccc(Br)cc1. The first-order valence-electron chi connectivity index (χ1n) is 5.47. The number of halogens is 1. The summed E-state index contributed by atoms with van der Waals surface area (Å²) in [6.45, 7) is 0.588. The number of ketones is 1. The molecule has 0 aliphatic carbocycles. The maximum atomic E-state index is 11.8. The Kier molecular flexibility index (Phi) is 4.79. The number of esters is 1. The summed E-state index contributed by atoms with van der Waals surface area (Å²) < 4.78 is 5.89. The second kappa shape index (κ2) is 6.36. The van der Waals surface area contributed by atoms with E-state index < -0.39 is 0 Å². The van der Waals surface area contributed by atoms with Crippen LogP contribution in [0.1, 0.15) is 10.4 Å². The highest BCUT2D eigenvalue weighted by molar-refractivity contribution is 9.10. The standard InChI is InChI=1S/C12H12BrNO3S/c13-9-3-1-8(2-4-9)10(15)7-17-12(16)11-14-5-6-18-11/h1-4,11,14H,5-7H2. The number of thioether (sulfide) groups is 1. The summed E-state index contributed by atoms with van der Waals surface area (Å²) in [5.74, 6) is 0.322. The van der Waals surface area contributed by atoms with Gasteiger partial charge in [-0.05, 0) is 12.1 Å². The van der Waals surface area contributed by atoms with Gasteiger partial charge in [0.25, 0.3) is 0 Å². The van der Waals surface area contributed by atoms with Gasteiger partial charge in [0, 0.05) is 22.3 Å². The predicted octanol–water partition coefficient (Wildman–Crippen LogP) is 1.84. The van der Waals surface area contributed by atoms with Gasteiger partial charge in [-0.25, -0.2) is 4.79 Å². The quantitative estimate of drug-likeness (QED) is 0.674. The molecule has 2 rings (SSSR count). The predicted molar refractivity (Wildman–Crippen MR) is 73.7 cm³/mol. The lowest BCUT2D eigenvalue weighted by Gasteiger charge is -2.09. The van der Waals surface area contributed by atoms with Crippen molar-refractivity contribution in [2.75, 3.05) is 18.9 Å². The van der Waals surface area contributed by atoms with Crippen molar-refractivity contribution >= 4 is 39.4 Å². The molecule has 0 spiro atoms. The van der Waals surface area contributed by atoms with E-state index in [2.05, 4.69) is 21.2 Å². The molecule has 0 bridgehead atoms. The molecule has 1 aromatic rings. The summed E-state index contributed by atoms with van der Waals surface area (Å²) in [7, 11) is 0. The molecule has 0 amide bonds. The average molecular weight is 330 g/mol. The van der Waals surface area contributed by atoms with E-state index in [4.69, 9.17) is 4.74 Å². The molecule has 1 aliphatic heterocycles. The fourth-order valence-corrected chi connectivity index (χ4v) is 2.68. The van der Waals surface area contributed by atoms with Crippen molar-refractivity contribution in [1.82, 2.24) is 5.32 Å². The van der Waals surface area contributed by atoms with Gasteiger partial charge in [0.2, 0.25) is 0 Å². The van der Waals surface area contributed by atoms with Crippen molar-refractivity contribution in [2.45, 2.75) is 5.37 Å². The zero-order valence-corrected chi connectivity index (χ0v) is 11.9. The van der Waals surface area contributed by atoms with Crippen LogP contribution in [-0.2, 0) is 9.53 Å². The average Bonchev–Trinajstić information content (AvgIpc) is 2.90. The molecule has 0 saturated carbocycles. The van der Waals surface area contributed by atoms with Gasteiger partial charge in [0.05, 0.1) is 0 Å². The van der Waals surface area contributed by atoms with Crippen LogP contribution in [0, 0.1) is 0 Å². The number of hydrogen-bond donors (Lipinski definition) is 1. The number of benzene rings is 1. The van der Waals surface area contributed by atoms with E-state index in [1.54, 1.807) is 24.3 Å². The number of ether oxygens (including phenoxy) is 1. The Morgan fingerprint density at radius 3 is 2.72 bits per heavy atom. The van der Waals surface area contributed by atoms with Crippen molar-refractivity contribution in [3.05, 3.63) is 34.3 Å². The maximum Gasteiger partial charge on any atom is 0.334 e. The van der Waals surface area contributed by atoms with Crippen LogP contribution in [0.4, 0.5) is 0 Å². The third kappa shape index (κ3) is 3.57. The minimum absolute atomic E-state index is 0.196. The Morgan fingerprint density at radius 1 is 1.39 bits per heavy atom. The molecule has 1 aromatic carbocycles. The van der Waals surface area contributed by atoms with Crippen LogP contribution >= 0.6 is 27.7 Å². The van der Waals surface area contributed by atoms with Crippen molar-refractivity contribution in [3.63, 3.8) is 0 Å². The van der Waals surface area contributed by atoms with Gasteiger partial charge in [-0.3, -0.25) is 10.1 Å². The molecule has 1 saturated heterocycles. The van der Waals surface area contributed by atoms with Gasteiger partial charge in [0.15, 0.2) is 17.8 Å². The molecule has 0 aromatic heterocycles. The summed E-state index contributed by atoms with van der Waals surface area (Å²) in [6, 6.07) is 6.96. The smallest absolute Gasteiger partial charge is 0.334 e. The van der Waals surface area contributed by atoms with E-state index in [9.17, 15) is 9.59 Å². The topological polar surface area (TPSA) is 55.4 Å². The van der Waals surface area contributed by atoms with Crippen molar-refractivity contribution in [3.8, 4) is 0 Å². The van der Waals surface area contributed by atoms with Crippen LogP contribution in [0.25, 0.3) is 0 Å². The fourth-order valence-electron chi connectivity index (χ4n) is 1.51. The molecule has 1 heterocycles. The highest BCUT2D eigenvalue weighted by Crippen LogP contribution is 2.15. The summed E-state index contributed by atoms with van der Waals surface area (Å²) in [4.78, 5) is 23.3. The molecule has 4 nitrogen and oxygen atoms in total. The number of Topliss-reactive ketones (excluding diaryl/α,β-unsaturated/α-hetero) is 1. The van der Waals surface area contributed by atoms with Crippen molar-refractivity contribution < 1.29 is 14.3 Å². The van der Waals surface area contributed by atoms with Crippen LogP contribution in [-0.4, -0.2) is 36.0 Å². The van der Waals surface area contributed by atoms with Gasteiger partial charge in [0.1, 0.15) is 0 Å². The lowest BCUT2D eigenvalue weighted by atomic mass is 10.1. The largest absolute Gasteiger partial charge is 0.455 e. The zero-order chi connectivity index (χ0) is 13.0.